The summed E-state index contributed by atoms with van der Waals surface area (Å²) >= 11 is 0. The molecule has 2 aromatic rings. The summed E-state index contributed by atoms with van der Waals surface area (Å²) < 4.78 is 3.54. The Morgan fingerprint density at radius 3 is 2.73 bits per heavy atom. The fourth-order valence-corrected chi connectivity index (χ4v) is 1.56. The van der Waals surface area contributed by atoms with Crippen molar-refractivity contribution in [3.63, 3.8) is 0 Å². The number of nitrogens with zero attached hydrogens (tertiary/aromatic N) is 4. The van der Waals surface area contributed by atoms with E-state index in [2.05, 4.69) is 10.1 Å². The van der Waals surface area contributed by atoms with E-state index in [-0.39, 0.29) is 0 Å². The van der Waals surface area contributed by atoms with E-state index in [1.54, 1.807) is 10.9 Å². The number of rotatable bonds is 3. The van der Waals surface area contributed by atoms with Crippen LogP contribution in [0.1, 0.15) is 17.6 Å². The van der Waals surface area contributed by atoms with Gasteiger partial charge in [0, 0.05) is 39.1 Å². The average molecular weight is 206 g/mol. The van der Waals surface area contributed by atoms with Crippen LogP contribution in [0.15, 0.2) is 24.7 Å². The lowest BCUT2D eigenvalue weighted by atomic mass is 10.2. The summed E-state index contributed by atoms with van der Waals surface area (Å²) in [5.74, 6) is 0.667. The molecule has 0 aliphatic rings. The first-order valence-electron chi connectivity index (χ1n) is 4.80. The number of aliphatic hydroxyl groups excluding tert-OH is 1. The zero-order chi connectivity index (χ0) is 10.8. The quantitative estimate of drug-likeness (QED) is 0.792. The van der Waals surface area contributed by atoms with Crippen LogP contribution in [-0.2, 0) is 20.5 Å². The zero-order valence-corrected chi connectivity index (χ0v) is 8.83. The summed E-state index contributed by atoms with van der Waals surface area (Å²) in [6.45, 7) is 0. The average Bonchev–Trinajstić information content (AvgIpc) is 2.75. The van der Waals surface area contributed by atoms with Crippen molar-refractivity contribution in [2.24, 2.45) is 14.1 Å². The molecule has 0 spiro atoms. The van der Waals surface area contributed by atoms with Gasteiger partial charge in [-0.25, -0.2) is 4.98 Å². The van der Waals surface area contributed by atoms with Gasteiger partial charge in [-0.1, -0.05) is 0 Å². The molecule has 0 aliphatic carbocycles. The number of hydrogen-bond donors (Lipinski definition) is 1. The van der Waals surface area contributed by atoms with Gasteiger partial charge in [-0.15, -0.1) is 0 Å². The van der Waals surface area contributed by atoms with Gasteiger partial charge >= 0.3 is 0 Å². The van der Waals surface area contributed by atoms with E-state index in [4.69, 9.17) is 0 Å². The Hall–Kier alpha value is -1.62. The largest absolute Gasteiger partial charge is 0.385 e. The molecule has 1 atom stereocenters. The number of imidazole rings is 1. The van der Waals surface area contributed by atoms with E-state index in [1.165, 1.54) is 0 Å². The van der Waals surface area contributed by atoms with Gasteiger partial charge < -0.3 is 9.67 Å². The van der Waals surface area contributed by atoms with Crippen molar-refractivity contribution in [1.29, 1.82) is 0 Å². The van der Waals surface area contributed by atoms with E-state index >= 15 is 0 Å². The molecular formula is C10H14N4O. The number of aliphatic hydroxyl groups is 1. The maximum atomic E-state index is 9.92. The monoisotopic (exact) mass is 206 g/mol. The van der Waals surface area contributed by atoms with Gasteiger partial charge in [0.15, 0.2) is 0 Å². The zero-order valence-electron chi connectivity index (χ0n) is 8.83. The Balaban J connectivity index is 2.10. The molecule has 80 valence electrons. The van der Waals surface area contributed by atoms with Gasteiger partial charge in [-0.2, -0.15) is 5.10 Å². The molecule has 0 amide bonds. The third-order valence-electron chi connectivity index (χ3n) is 2.33. The van der Waals surface area contributed by atoms with Crippen molar-refractivity contribution < 1.29 is 5.11 Å². The molecule has 0 aliphatic heterocycles. The molecule has 5 nitrogen and oxygen atoms in total. The van der Waals surface area contributed by atoms with Crippen LogP contribution in [0.2, 0.25) is 0 Å². The molecule has 0 aromatic carbocycles. The number of aromatic nitrogens is 4. The molecule has 1 unspecified atom stereocenters. The summed E-state index contributed by atoms with van der Waals surface area (Å²) in [6.07, 6.45) is 5.25. The topological polar surface area (TPSA) is 55.9 Å². The van der Waals surface area contributed by atoms with E-state index in [0.29, 0.717) is 12.2 Å². The van der Waals surface area contributed by atoms with Crippen LogP contribution in [0.25, 0.3) is 0 Å². The predicted octanol–water partition coefficient (Wildman–Crippen LogP) is 0.430. The van der Waals surface area contributed by atoms with Crippen molar-refractivity contribution in [3.8, 4) is 0 Å². The molecule has 5 heteroatoms. The summed E-state index contributed by atoms with van der Waals surface area (Å²) in [7, 11) is 3.72. The Morgan fingerprint density at radius 2 is 2.20 bits per heavy atom. The number of hydrogen-bond acceptors (Lipinski definition) is 3. The van der Waals surface area contributed by atoms with Crippen LogP contribution in [0.3, 0.4) is 0 Å². The minimum atomic E-state index is -0.597. The van der Waals surface area contributed by atoms with E-state index in [1.807, 2.05) is 37.1 Å². The normalized spacial score (nSPS) is 13.0. The lowest BCUT2D eigenvalue weighted by Gasteiger charge is -2.08. The highest BCUT2D eigenvalue weighted by Gasteiger charge is 2.14. The van der Waals surface area contributed by atoms with E-state index in [0.717, 1.165) is 5.69 Å². The second-order valence-electron chi connectivity index (χ2n) is 3.60. The van der Waals surface area contributed by atoms with Crippen LogP contribution in [0.5, 0.6) is 0 Å². The second kappa shape index (κ2) is 3.86. The molecule has 0 saturated carbocycles. The minimum absolute atomic E-state index is 0.492. The Kier molecular flexibility index (Phi) is 2.55. The lowest BCUT2D eigenvalue weighted by molar-refractivity contribution is 0.163. The van der Waals surface area contributed by atoms with Crippen LogP contribution < -0.4 is 0 Å². The summed E-state index contributed by atoms with van der Waals surface area (Å²) in [5, 5.41) is 14.1. The molecule has 0 fully saturated rings. The summed E-state index contributed by atoms with van der Waals surface area (Å²) in [4.78, 5) is 4.10. The minimum Gasteiger partial charge on any atom is -0.385 e. The first-order valence-corrected chi connectivity index (χ1v) is 4.80. The van der Waals surface area contributed by atoms with Crippen LogP contribution in [-0.4, -0.2) is 24.4 Å². The Labute approximate surface area is 88.0 Å². The maximum Gasteiger partial charge on any atom is 0.137 e. The van der Waals surface area contributed by atoms with Crippen molar-refractivity contribution in [3.05, 3.63) is 36.2 Å². The Morgan fingerprint density at radius 1 is 1.40 bits per heavy atom. The van der Waals surface area contributed by atoms with Crippen molar-refractivity contribution in [1.82, 2.24) is 19.3 Å². The van der Waals surface area contributed by atoms with Gasteiger partial charge in [0.2, 0.25) is 0 Å². The molecule has 0 saturated heterocycles. The highest BCUT2D eigenvalue weighted by Crippen LogP contribution is 2.14. The van der Waals surface area contributed by atoms with Gasteiger partial charge in [0.05, 0.1) is 5.69 Å². The van der Waals surface area contributed by atoms with Crippen molar-refractivity contribution in [2.45, 2.75) is 12.5 Å². The van der Waals surface area contributed by atoms with Gasteiger partial charge in [0.1, 0.15) is 11.9 Å². The van der Waals surface area contributed by atoms with Crippen LogP contribution in [0, 0.1) is 0 Å². The molecular weight excluding hydrogens is 192 g/mol. The molecule has 1 N–H and O–H groups in total. The lowest BCUT2D eigenvalue weighted by Crippen LogP contribution is -2.08. The molecule has 0 bridgehead atoms. The summed E-state index contributed by atoms with van der Waals surface area (Å²) in [5.41, 5.74) is 0.869. The molecule has 2 aromatic heterocycles. The van der Waals surface area contributed by atoms with Gasteiger partial charge in [0.25, 0.3) is 0 Å². The summed E-state index contributed by atoms with van der Waals surface area (Å²) in [6, 6.07) is 1.90. The predicted molar refractivity (Wildman–Crippen MR) is 55.1 cm³/mol. The van der Waals surface area contributed by atoms with Crippen molar-refractivity contribution >= 4 is 0 Å². The maximum absolute atomic E-state index is 9.92. The van der Waals surface area contributed by atoms with Gasteiger partial charge in [-0.05, 0) is 6.07 Å². The molecule has 15 heavy (non-hydrogen) atoms. The molecule has 2 heterocycles. The van der Waals surface area contributed by atoms with Gasteiger partial charge in [-0.3, -0.25) is 4.68 Å². The molecule has 2 rings (SSSR count). The van der Waals surface area contributed by atoms with E-state index < -0.39 is 6.10 Å². The SMILES string of the molecule is Cn1ccc(CC(O)c2nccn2C)n1. The number of aryl methyl sites for hydroxylation is 2. The highest BCUT2D eigenvalue weighted by molar-refractivity contribution is 5.05. The van der Waals surface area contributed by atoms with Crippen LogP contribution >= 0.6 is 0 Å². The van der Waals surface area contributed by atoms with Crippen LogP contribution in [0.4, 0.5) is 0 Å². The standard InChI is InChI=1S/C10H14N4O/c1-13-6-4-11-10(13)9(15)7-8-3-5-14(2)12-8/h3-6,9,15H,7H2,1-2H3. The first-order chi connectivity index (χ1) is 7.16. The fraction of sp³-hybridized carbons (Fsp3) is 0.400. The molecule has 0 radical (unpaired) electrons. The second-order valence-corrected chi connectivity index (χ2v) is 3.60. The third kappa shape index (κ3) is 2.07. The Bertz CT molecular complexity index is 446. The first kappa shape index (κ1) is 9.92. The third-order valence-corrected chi connectivity index (χ3v) is 2.33. The van der Waals surface area contributed by atoms with E-state index in [9.17, 15) is 5.11 Å². The highest BCUT2D eigenvalue weighted by atomic mass is 16.3. The fourth-order valence-electron chi connectivity index (χ4n) is 1.56. The smallest absolute Gasteiger partial charge is 0.137 e. The van der Waals surface area contributed by atoms with Crippen molar-refractivity contribution in [2.75, 3.05) is 0 Å².